The maximum Gasteiger partial charge on any atom is 0.239 e. The van der Waals surface area contributed by atoms with Gasteiger partial charge in [0.2, 0.25) is 5.91 Å². The number of aliphatic hydroxyl groups is 1. The zero-order chi connectivity index (χ0) is 12.8. The van der Waals surface area contributed by atoms with Gasteiger partial charge in [-0.1, -0.05) is 6.92 Å². The van der Waals surface area contributed by atoms with Crippen LogP contribution in [0.1, 0.15) is 26.2 Å². The molecule has 17 heavy (non-hydrogen) atoms. The van der Waals surface area contributed by atoms with Gasteiger partial charge in [0.05, 0.1) is 12.6 Å². The number of hydrogen-bond donors (Lipinski definition) is 2. The van der Waals surface area contributed by atoms with Gasteiger partial charge < -0.3 is 20.6 Å². The molecule has 1 fully saturated rings. The summed E-state index contributed by atoms with van der Waals surface area (Å²) in [4.78, 5) is 16.2. The van der Waals surface area contributed by atoms with E-state index in [4.69, 9.17) is 10.8 Å². The Labute approximate surface area is 104 Å². The zero-order valence-corrected chi connectivity index (χ0v) is 10.9. The third kappa shape index (κ3) is 3.94. The molecule has 1 heterocycles. The quantitative estimate of drug-likeness (QED) is 0.692. The van der Waals surface area contributed by atoms with Crippen LogP contribution in [-0.4, -0.2) is 66.2 Å². The zero-order valence-electron chi connectivity index (χ0n) is 10.9. The molecular formula is C12H25N3O2. The molecule has 0 aromatic heterocycles. The molecule has 0 aromatic rings. The molecule has 1 aliphatic heterocycles. The number of aliphatic hydroxyl groups excluding tert-OH is 1. The van der Waals surface area contributed by atoms with Crippen molar-refractivity contribution in [2.45, 2.75) is 38.3 Å². The van der Waals surface area contributed by atoms with E-state index in [-0.39, 0.29) is 18.6 Å². The summed E-state index contributed by atoms with van der Waals surface area (Å²) in [7, 11) is 2.09. The fourth-order valence-electron chi connectivity index (χ4n) is 2.27. The first-order valence-corrected chi connectivity index (χ1v) is 6.45. The minimum Gasteiger partial charge on any atom is -0.395 e. The first-order chi connectivity index (χ1) is 8.10. The molecule has 0 spiro atoms. The van der Waals surface area contributed by atoms with E-state index in [1.54, 1.807) is 4.90 Å². The second-order valence-electron chi connectivity index (χ2n) is 4.80. The van der Waals surface area contributed by atoms with Crippen LogP contribution in [0.2, 0.25) is 0 Å². The van der Waals surface area contributed by atoms with E-state index in [1.165, 1.54) is 0 Å². The Kier molecular flexibility index (Phi) is 5.88. The lowest BCUT2D eigenvalue weighted by atomic mass is 10.0. The predicted molar refractivity (Wildman–Crippen MR) is 67.6 cm³/mol. The summed E-state index contributed by atoms with van der Waals surface area (Å²) in [6, 6.07) is -0.190. The average Bonchev–Trinajstić information content (AvgIpc) is 2.35. The Balaban J connectivity index is 2.61. The maximum absolute atomic E-state index is 12.1. The van der Waals surface area contributed by atoms with E-state index in [1.807, 2.05) is 6.92 Å². The van der Waals surface area contributed by atoms with Crippen molar-refractivity contribution in [3.63, 3.8) is 0 Å². The van der Waals surface area contributed by atoms with Crippen LogP contribution >= 0.6 is 0 Å². The summed E-state index contributed by atoms with van der Waals surface area (Å²) in [5.41, 5.74) is 5.80. The van der Waals surface area contributed by atoms with Crippen molar-refractivity contribution in [1.82, 2.24) is 9.80 Å². The number of carbonyl (C=O) groups is 1. The molecule has 1 amide bonds. The minimum absolute atomic E-state index is 0.00845. The highest BCUT2D eigenvalue weighted by molar-refractivity contribution is 5.81. The lowest BCUT2D eigenvalue weighted by molar-refractivity contribution is -0.136. The van der Waals surface area contributed by atoms with Crippen LogP contribution < -0.4 is 5.73 Å². The van der Waals surface area contributed by atoms with Crippen molar-refractivity contribution in [2.75, 3.05) is 33.3 Å². The maximum atomic E-state index is 12.1. The van der Waals surface area contributed by atoms with Crippen molar-refractivity contribution in [2.24, 2.45) is 5.73 Å². The molecule has 3 N–H and O–H groups in total. The number of piperidine rings is 1. The molecule has 1 atom stereocenters. The normalized spacial score (nSPS) is 20.2. The topological polar surface area (TPSA) is 69.8 Å². The standard InChI is InChI=1S/C12H25N3O2/c1-3-11(13)12(17)15(8-9-16)10-4-6-14(2)7-5-10/h10-11,16H,3-9,13H2,1-2H3/t11-/m1/s1. The lowest BCUT2D eigenvalue weighted by Gasteiger charge is -2.38. The first-order valence-electron chi connectivity index (χ1n) is 6.45. The highest BCUT2D eigenvalue weighted by Gasteiger charge is 2.28. The molecule has 1 rings (SSSR count). The third-order valence-electron chi connectivity index (χ3n) is 3.51. The molecule has 5 heteroatoms. The molecule has 0 aromatic carbocycles. The summed E-state index contributed by atoms with van der Waals surface area (Å²) in [6.07, 6.45) is 2.59. The Morgan fingerprint density at radius 3 is 2.59 bits per heavy atom. The van der Waals surface area contributed by atoms with Gasteiger partial charge in [-0.05, 0) is 39.4 Å². The smallest absolute Gasteiger partial charge is 0.239 e. The fourth-order valence-corrected chi connectivity index (χ4v) is 2.27. The Morgan fingerprint density at radius 2 is 2.12 bits per heavy atom. The van der Waals surface area contributed by atoms with Gasteiger partial charge >= 0.3 is 0 Å². The predicted octanol–water partition coefficient (Wildman–Crippen LogP) is -0.361. The molecule has 0 radical (unpaired) electrons. The molecule has 0 saturated carbocycles. The number of amides is 1. The Hall–Kier alpha value is -0.650. The molecule has 0 bridgehead atoms. The largest absolute Gasteiger partial charge is 0.395 e. The van der Waals surface area contributed by atoms with E-state index in [9.17, 15) is 4.79 Å². The van der Waals surface area contributed by atoms with Crippen LogP contribution in [0.15, 0.2) is 0 Å². The molecule has 0 unspecified atom stereocenters. The first kappa shape index (κ1) is 14.4. The fraction of sp³-hybridized carbons (Fsp3) is 0.917. The van der Waals surface area contributed by atoms with Crippen LogP contribution in [0.25, 0.3) is 0 Å². The molecule has 100 valence electrons. The Morgan fingerprint density at radius 1 is 1.53 bits per heavy atom. The van der Waals surface area contributed by atoms with Crippen LogP contribution in [0.3, 0.4) is 0 Å². The number of likely N-dealkylation sites (tertiary alicyclic amines) is 1. The second-order valence-corrected chi connectivity index (χ2v) is 4.80. The highest BCUT2D eigenvalue weighted by Crippen LogP contribution is 2.16. The van der Waals surface area contributed by atoms with Gasteiger partial charge in [-0.3, -0.25) is 4.79 Å². The van der Waals surface area contributed by atoms with Gasteiger partial charge in [0.25, 0.3) is 0 Å². The number of rotatable bonds is 5. The summed E-state index contributed by atoms with van der Waals surface area (Å²) >= 11 is 0. The number of nitrogens with two attached hydrogens (primary N) is 1. The van der Waals surface area contributed by atoms with Gasteiger partial charge in [-0.25, -0.2) is 0 Å². The average molecular weight is 243 g/mol. The summed E-state index contributed by atoms with van der Waals surface area (Å²) in [5.74, 6) is -0.0175. The van der Waals surface area contributed by atoms with Crippen LogP contribution in [0.5, 0.6) is 0 Å². The van der Waals surface area contributed by atoms with Gasteiger partial charge in [-0.2, -0.15) is 0 Å². The lowest BCUT2D eigenvalue weighted by Crippen LogP contribution is -2.52. The van der Waals surface area contributed by atoms with Crippen molar-refractivity contribution in [1.29, 1.82) is 0 Å². The molecular weight excluding hydrogens is 218 g/mol. The summed E-state index contributed by atoms with van der Waals surface area (Å²) < 4.78 is 0. The van der Waals surface area contributed by atoms with E-state index in [2.05, 4.69) is 11.9 Å². The number of nitrogens with zero attached hydrogens (tertiary/aromatic N) is 2. The molecule has 0 aliphatic carbocycles. The van der Waals surface area contributed by atoms with Crippen LogP contribution in [-0.2, 0) is 4.79 Å². The van der Waals surface area contributed by atoms with Gasteiger partial charge in [-0.15, -0.1) is 0 Å². The Bertz CT molecular complexity index is 240. The van der Waals surface area contributed by atoms with Crippen molar-refractivity contribution in [3.8, 4) is 0 Å². The van der Waals surface area contributed by atoms with E-state index < -0.39 is 6.04 Å². The molecule has 1 saturated heterocycles. The highest BCUT2D eigenvalue weighted by atomic mass is 16.3. The number of hydrogen-bond acceptors (Lipinski definition) is 4. The van der Waals surface area contributed by atoms with Crippen LogP contribution in [0.4, 0.5) is 0 Å². The van der Waals surface area contributed by atoms with Crippen molar-refractivity contribution < 1.29 is 9.90 Å². The third-order valence-corrected chi connectivity index (χ3v) is 3.51. The van der Waals surface area contributed by atoms with Gasteiger partial charge in [0, 0.05) is 12.6 Å². The molecule has 1 aliphatic rings. The van der Waals surface area contributed by atoms with Crippen LogP contribution in [0, 0.1) is 0 Å². The monoisotopic (exact) mass is 243 g/mol. The van der Waals surface area contributed by atoms with E-state index in [0.717, 1.165) is 25.9 Å². The van der Waals surface area contributed by atoms with E-state index in [0.29, 0.717) is 13.0 Å². The summed E-state index contributed by atoms with van der Waals surface area (Å²) in [6.45, 7) is 4.33. The number of carbonyl (C=O) groups excluding carboxylic acids is 1. The van der Waals surface area contributed by atoms with Crippen molar-refractivity contribution in [3.05, 3.63) is 0 Å². The minimum atomic E-state index is -0.429. The van der Waals surface area contributed by atoms with Gasteiger partial charge in [0.1, 0.15) is 0 Å². The second kappa shape index (κ2) is 6.93. The molecule has 5 nitrogen and oxygen atoms in total. The SMILES string of the molecule is CC[C@@H](N)C(=O)N(CCO)C1CCN(C)CC1. The van der Waals surface area contributed by atoms with Gasteiger partial charge in [0.15, 0.2) is 0 Å². The van der Waals surface area contributed by atoms with E-state index >= 15 is 0 Å². The summed E-state index contributed by atoms with van der Waals surface area (Å²) in [5, 5.41) is 9.08. The van der Waals surface area contributed by atoms with Crippen molar-refractivity contribution >= 4 is 5.91 Å².